The highest BCUT2D eigenvalue weighted by Gasteiger charge is 2.48. The van der Waals surface area contributed by atoms with Crippen LogP contribution in [0.5, 0.6) is 5.75 Å². The van der Waals surface area contributed by atoms with E-state index < -0.39 is 17.7 Å². The number of aryl methyl sites for hydroxylation is 1. The number of carbonyl (C=O) groups is 2. The van der Waals surface area contributed by atoms with Gasteiger partial charge in [0.2, 0.25) is 0 Å². The molecule has 0 aliphatic carbocycles. The summed E-state index contributed by atoms with van der Waals surface area (Å²) in [4.78, 5) is 29.0. The molecular weight excluding hydrogens is 482 g/mol. The Bertz CT molecular complexity index is 1320. The van der Waals surface area contributed by atoms with Gasteiger partial charge in [-0.25, -0.2) is 0 Å². The minimum absolute atomic E-state index is 0.0563. The molecule has 2 heterocycles. The molecule has 4 rings (SSSR count). The van der Waals surface area contributed by atoms with Gasteiger partial charge in [0, 0.05) is 26.7 Å². The average molecular weight is 510 g/mol. The normalized spacial score (nSPS) is 17.8. The number of hydrogen-bond acceptors (Lipinski definition) is 5. The molecule has 1 aliphatic rings. The van der Waals surface area contributed by atoms with Crippen LogP contribution < -0.4 is 9.64 Å². The van der Waals surface area contributed by atoms with Crippen molar-refractivity contribution in [3.8, 4) is 5.75 Å². The first-order valence-electron chi connectivity index (χ1n) is 11.4. The summed E-state index contributed by atoms with van der Waals surface area (Å²) in [5.41, 5.74) is 2.49. The summed E-state index contributed by atoms with van der Waals surface area (Å²) < 4.78 is 5.80. The van der Waals surface area contributed by atoms with Gasteiger partial charge in [-0.2, -0.15) is 0 Å². The van der Waals surface area contributed by atoms with Crippen LogP contribution in [-0.4, -0.2) is 23.4 Å². The summed E-state index contributed by atoms with van der Waals surface area (Å²) in [6.45, 7) is 10.5. The van der Waals surface area contributed by atoms with Crippen molar-refractivity contribution in [2.24, 2.45) is 0 Å². The van der Waals surface area contributed by atoms with E-state index in [1.807, 2.05) is 43.5 Å². The summed E-state index contributed by atoms with van der Waals surface area (Å²) in [7, 11) is 0. The van der Waals surface area contributed by atoms with E-state index in [0.717, 1.165) is 21.8 Å². The molecule has 3 aromatic rings. The first-order valence-corrected chi connectivity index (χ1v) is 12.7. The molecular formula is C28H28ClNO4S. The number of aliphatic hydroxyl groups is 1. The van der Waals surface area contributed by atoms with Crippen molar-refractivity contribution in [1.29, 1.82) is 0 Å². The van der Waals surface area contributed by atoms with Crippen LogP contribution in [0.25, 0.3) is 5.76 Å². The van der Waals surface area contributed by atoms with E-state index in [2.05, 4.69) is 20.8 Å². The molecule has 0 radical (unpaired) electrons. The fraction of sp³-hybridized carbons (Fsp3) is 0.286. The fourth-order valence-corrected chi connectivity index (χ4v) is 5.33. The van der Waals surface area contributed by atoms with E-state index in [-0.39, 0.29) is 16.7 Å². The Labute approximate surface area is 214 Å². The zero-order chi connectivity index (χ0) is 25.5. The van der Waals surface area contributed by atoms with Crippen molar-refractivity contribution < 1.29 is 19.4 Å². The number of ketones is 1. The Kier molecular flexibility index (Phi) is 6.80. The van der Waals surface area contributed by atoms with Gasteiger partial charge < -0.3 is 9.84 Å². The van der Waals surface area contributed by atoms with E-state index in [4.69, 9.17) is 16.3 Å². The third-order valence-corrected chi connectivity index (χ3v) is 7.21. The third-order valence-electron chi connectivity index (χ3n) is 6.05. The number of aliphatic hydroxyl groups excluding tert-OH is 1. The molecule has 35 heavy (non-hydrogen) atoms. The average Bonchev–Trinajstić information content (AvgIpc) is 3.42. The first kappa shape index (κ1) is 25.0. The molecule has 1 aliphatic heterocycles. The molecule has 0 bridgehead atoms. The number of benzene rings is 2. The molecule has 7 heteroatoms. The van der Waals surface area contributed by atoms with Crippen LogP contribution >= 0.6 is 22.9 Å². The van der Waals surface area contributed by atoms with Gasteiger partial charge in [-0.3, -0.25) is 14.5 Å². The molecule has 1 aromatic heterocycles. The van der Waals surface area contributed by atoms with Crippen LogP contribution in [-0.2, 0) is 15.0 Å². The maximum atomic E-state index is 13.4. The number of carbonyl (C=O) groups excluding carboxylic acids is 2. The van der Waals surface area contributed by atoms with E-state index in [9.17, 15) is 14.7 Å². The van der Waals surface area contributed by atoms with Crippen LogP contribution in [0.15, 0.2) is 59.5 Å². The van der Waals surface area contributed by atoms with Crippen LogP contribution in [0.4, 0.5) is 5.69 Å². The van der Waals surface area contributed by atoms with Gasteiger partial charge >= 0.3 is 0 Å². The number of Topliss-reactive ketones (excluding diaryl/α,β-unsaturated/α-hetero) is 1. The summed E-state index contributed by atoms with van der Waals surface area (Å²) in [5.74, 6) is -0.914. The van der Waals surface area contributed by atoms with Crippen LogP contribution in [0, 0.1) is 6.92 Å². The second-order valence-corrected chi connectivity index (χ2v) is 10.9. The molecule has 1 fully saturated rings. The maximum absolute atomic E-state index is 13.4. The van der Waals surface area contributed by atoms with E-state index >= 15 is 0 Å². The highest BCUT2D eigenvalue weighted by atomic mass is 35.5. The molecule has 1 N–H and O–H groups in total. The Hall–Kier alpha value is -3.09. The smallest absolute Gasteiger partial charge is 0.300 e. The SMILES string of the molecule is CCOc1ccc(/C(O)=C2/C(=O)C(=O)N(c3cc(Cl)ccc3C)C2c2cccs2)cc1C(C)(C)C. The predicted octanol–water partition coefficient (Wildman–Crippen LogP) is 7.03. The van der Waals surface area contributed by atoms with Crippen molar-refractivity contribution >= 4 is 46.1 Å². The number of ether oxygens (including phenoxy) is 1. The molecule has 5 nitrogen and oxygen atoms in total. The number of amides is 1. The molecule has 1 atom stereocenters. The lowest BCUT2D eigenvalue weighted by Gasteiger charge is -2.26. The van der Waals surface area contributed by atoms with Crippen molar-refractivity contribution in [3.63, 3.8) is 0 Å². The zero-order valence-electron chi connectivity index (χ0n) is 20.4. The van der Waals surface area contributed by atoms with E-state index in [1.54, 1.807) is 24.3 Å². The summed E-state index contributed by atoms with van der Waals surface area (Å²) >= 11 is 7.67. The van der Waals surface area contributed by atoms with Gasteiger partial charge in [0.1, 0.15) is 17.6 Å². The lowest BCUT2D eigenvalue weighted by molar-refractivity contribution is -0.132. The Morgan fingerprint density at radius 2 is 1.89 bits per heavy atom. The number of halogens is 1. The lowest BCUT2D eigenvalue weighted by Crippen LogP contribution is -2.29. The van der Waals surface area contributed by atoms with Gasteiger partial charge in [-0.15, -0.1) is 11.3 Å². The molecule has 0 saturated carbocycles. The highest BCUT2D eigenvalue weighted by molar-refractivity contribution is 7.10. The monoisotopic (exact) mass is 509 g/mol. The quantitative estimate of drug-likeness (QED) is 0.228. The van der Waals surface area contributed by atoms with Gasteiger partial charge in [-0.1, -0.05) is 44.5 Å². The van der Waals surface area contributed by atoms with Crippen molar-refractivity contribution in [3.05, 3.63) is 86.1 Å². The van der Waals surface area contributed by atoms with Crippen LogP contribution in [0.2, 0.25) is 5.02 Å². The van der Waals surface area contributed by atoms with Crippen LogP contribution in [0.1, 0.15) is 55.3 Å². The molecule has 2 aromatic carbocycles. The zero-order valence-corrected chi connectivity index (χ0v) is 22.0. The fourth-order valence-electron chi connectivity index (χ4n) is 4.34. The standard InChI is InChI=1S/C28H28ClNO4S/c1-6-34-21-12-10-17(14-19(21)28(3,4)5)25(31)23-24(22-8-7-13-35-22)30(27(33)26(23)32)20-15-18(29)11-9-16(20)2/h7-15,24,31H,6H2,1-5H3/b25-23-. The minimum Gasteiger partial charge on any atom is -0.507 e. The number of thiophene rings is 1. The Balaban J connectivity index is 1.94. The van der Waals surface area contributed by atoms with Gasteiger partial charge in [0.25, 0.3) is 11.7 Å². The highest BCUT2D eigenvalue weighted by Crippen LogP contribution is 2.45. The van der Waals surface area contributed by atoms with Crippen molar-refractivity contribution in [2.45, 2.75) is 46.1 Å². The Morgan fingerprint density at radius 3 is 2.51 bits per heavy atom. The van der Waals surface area contributed by atoms with E-state index in [0.29, 0.717) is 22.9 Å². The molecule has 182 valence electrons. The topological polar surface area (TPSA) is 66.8 Å². The second kappa shape index (κ2) is 9.51. The number of nitrogens with zero attached hydrogens (tertiary/aromatic N) is 1. The molecule has 1 saturated heterocycles. The lowest BCUT2D eigenvalue weighted by atomic mass is 9.84. The first-order chi connectivity index (χ1) is 16.5. The Morgan fingerprint density at radius 1 is 1.14 bits per heavy atom. The van der Waals surface area contributed by atoms with Crippen molar-refractivity contribution in [2.75, 3.05) is 11.5 Å². The second-order valence-electron chi connectivity index (χ2n) is 9.51. The molecule has 1 unspecified atom stereocenters. The minimum atomic E-state index is -0.767. The summed E-state index contributed by atoms with van der Waals surface area (Å²) in [6.07, 6.45) is 0. The summed E-state index contributed by atoms with van der Waals surface area (Å²) in [6, 6.07) is 13.5. The number of hydrogen-bond donors (Lipinski definition) is 1. The van der Waals surface area contributed by atoms with Gasteiger partial charge in [0.15, 0.2) is 0 Å². The maximum Gasteiger partial charge on any atom is 0.300 e. The van der Waals surface area contributed by atoms with Crippen molar-refractivity contribution in [1.82, 2.24) is 0 Å². The largest absolute Gasteiger partial charge is 0.507 e. The van der Waals surface area contributed by atoms with E-state index in [1.165, 1.54) is 16.2 Å². The molecule has 0 spiro atoms. The van der Waals surface area contributed by atoms with Gasteiger partial charge in [-0.05, 0) is 66.6 Å². The van der Waals surface area contributed by atoms with Gasteiger partial charge in [0.05, 0.1) is 12.2 Å². The summed E-state index contributed by atoms with van der Waals surface area (Å²) in [5, 5.41) is 13.8. The molecule has 1 amide bonds. The number of anilines is 1. The predicted molar refractivity (Wildman–Crippen MR) is 142 cm³/mol. The third kappa shape index (κ3) is 4.60. The number of rotatable bonds is 5. The van der Waals surface area contributed by atoms with Crippen LogP contribution in [0.3, 0.4) is 0 Å².